The summed E-state index contributed by atoms with van der Waals surface area (Å²) in [5, 5.41) is 6.80. The van der Waals surface area contributed by atoms with Crippen LogP contribution < -0.4 is 10.6 Å². The van der Waals surface area contributed by atoms with Crippen molar-refractivity contribution in [3.63, 3.8) is 0 Å². The zero-order valence-corrected chi connectivity index (χ0v) is 17.4. The van der Waals surface area contributed by atoms with Gasteiger partial charge in [0.05, 0.1) is 6.10 Å². The fraction of sp³-hybridized carbons (Fsp3) is 0.696. The van der Waals surface area contributed by atoms with Crippen LogP contribution in [0.25, 0.3) is 0 Å². The number of fused-ring (bicyclic) bond motifs is 1. The first-order chi connectivity index (χ1) is 13.6. The van der Waals surface area contributed by atoms with Crippen LogP contribution in [0.4, 0.5) is 0 Å². The van der Waals surface area contributed by atoms with Crippen LogP contribution in [0.3, 0.4) is 0 Å². The number of benzene rings is 1. The standard InChI is InChI=1S/C23H35N3O2/c1-23(2)20(19-6-5-15-28-21(19)23)25-16-17-7-9-18(10-8-17)22(27)24-11-14-26-12-3-4-13-26/h7-10,19-21,25H,3-6,11-16H2,1-2H3,(H,24,27). The van der Waals surface area contributed by atoms with Gasteiger partial charge in [-0.25, -0.2) is 0 Å². The highest BCUT2D eigenvalue weighted by atomic mass is 16.5. The first kappa shape index (κ1) is 19.9. The van der Waals surface area contributed by atoms with E-state index >= 15 is 0 Å². The van der Waals surface area contributed by atoms with Gasteiger partial charge in [0, 0.05) is 49.2 Å². The van der Waals surface area contributed by atoms with Gasteiger partial charge in [0.2, 0.25) is 0 Å². The molecule has 1 aliphatic carbocycles. The van der Waals surface area contributed by atoms with Crippen molar-refractivity contribution in [1.82, 2.24) is 15.5 Å². The summed E-state index contributed by atoms with van der Waals surface area (Å²) < 4.78 is 5.99. The fourth-order valence-electron chi connectivity index (χ4n) is 5.37. The lowest BCUT2D eigenvalue weighted by Gasteiger charge is -2.60. The predicted octanol–water partition coefficient (Wildman–Crippen LogP) is 2.81. The maximum absolute atomic E-state index is 12.3. The van der Waals surface area contributed by atoms with Crippen LogP contribution in [0.2, 0.25) is 0 Å². The Bertz CT molecular complexity index is 667. The quantitative estimate of drug-likeness (QED) is 0.758. The van der Waals surface area contributed by atoms with Gasteiger partial charge in [0.25, 0.3) is 5.91 Å². The summed E-state index contributed by atoms with van der Waals surface area (Å²) in [6.07, 6.45) is 5.43. The van der Waals surface area contributed by atoms with Gasteiger partial charge in [0.15, 0.2) is 0 Å². The fourth-order valence-corrected chi connectivity index (χ4v) is 5.37. The third kappa shape index (κ3) is 4.12. The molecule has 4 rings (SSSR count). The second-order valence-corrected chi connectivity index (χ2v) is 9.28. The Labute approximate surface area is 169 Å². The molecule has 3 atom stereocenters. The average Bonchev–Trinajstić information content (AvgIpc) is 3.22. The smallest absolute Gasteiger partial charge is 0.251 e. The van der Waals surface area contributed by atoms with E-state index in [9.17, 15) is 4.79 Å². The molecular formula is C23H35N3O2. The van der Waals surface area contributed by atoms with Gasteiger partial charge in [0.1, 0.15) is 0 Å². The van der Waals surface area contributed by atoms with E-state index in [-0.39, 0.29) is 11.3 Å². The lowest BCUT2D eigenvalue weighted by Crippen LogP contribution is -2.69. The lowest BCUT2D eigenvalue weighted by atomic mass is 9.55. The van der Waals surface area contributed by atoms with Gasteiger partial charge < -0.3 is 20.3 Å². The molecular weight excluding hydrogens is 350 g/mol. The van der Waals surface area contributed by atoms with Crippen LogP contribution in [0.5, 0.6) is 0 Å². The van der Waals surface area contributed by atoms with E-state index in [1.165, 1.54) is 44.3 Å². The molecule has 0 aromatic heterocycles. The van der Waals surface area contributed by atoms with Gasteiger partial charge in [-0.15, -0.1) is 0 Å². The molecule has 5 nitrogen and oxygen atoms in total. The SMILES string of the molecule is CC1(C)C(NCc2ccc(C(=O)NCCN3CCCC3)cc2)C2CCCOC21. The third-order valence-corrected chi connectivity index (χ3v) is 6.99. The van der Waals surface area contributed by atoms with E-state index in [0.717, 1.165) is 31.8 Å². The lowest BCUT2D eigenvalue weighted by molar-refractivity contribution is -0.192. The molecule has 3 fully saturated rings. The van der Waals surface area contributed by atoms with Crippen molar-refractivity contribution in [2.24, 2.45) is 11.3 Å². The van der Waals surface area contributed by atoms with Crippen LogP contribution >= 0.6 is 0 Å². The Morgan fingerprint density at radius 2 is 1.93 bits per heavy atom. The van der Waals surface area contributed by atoms with Crippen molar-refractivity contribution in [1.29, 1.82) is 0 Å². The summed E-state index contributed by atoms with van der Waals surface area (Å²) in [7, 11) is 0. The Hall–Kier alpha value is -1.43. The third-order valence-electron chi connectivity index (χ3n) is 6.99. The highest BCUT2D eigenvalue weighted by Gasteiger charge is 2.57. The van der Waals surface area contributed by atoms with E-state index in [1.807, 2.05) is 12.1 Å². The zero-order valence-electron chi connectivity index (χ0n) is 17.4. The molecule has 1 amide bonds. The largest absolute Gasteiger partial charge is 0.377 e. The van der Waals surface area contributed by atoms with E-state index in [4.69, 9.17) is 4.74 Å². The molecule has 28 heavy (non-hydrogen) atoms. The summed E-state index contributed by atoms with van der Waals surface area (Å²) >= 11 is 0. The topological polar surface area (TPSA) is 53.6 Å². The highest BCUT2D eigenvalue weighted by molar-refractivity contribution is 5.94. The molecule has 1 saturated carbocycles. The van der Waals surface area contributed by atoms with Crippen LogP contribution in [0, 0.1) is 11.3 Å². The molecule has 2 saturated heterocycles. The number of nitrogens with one attached hydrogen (secondary N) is 2. The number of hydrogen-bond donors (Lipinski definition) is 2. The van der Waals surface area contributed by atoms with Crippen molar-refractivity contribution in [2.45, 2.75) is 58.2 Å². The summed E-state index contributed by atoms with van der Waals surface area (Å²) in [5.74, 6) is 0.672. The molecule has 2 N–H and O–H groups in total. The van der Waals surface area contributed by atoms with E-state index in [1.54, 1.807) is 0 Å². The second kappa shape index (κ2) is 8.52. The first-order valence-electron chi connectivity index (χ1n) is 11.0. The van der Waals surface area contributed by atoms with Crippen molar-refractivity contribution < 1.29 is 9.53 Å². The van der Waals surface area contributed by atoms with Crippen molar-refractivity contribution in [2.75, 3.05) is 32.8 Å². The minimum atomic E-state index is 0.0287. The number of ether oxygens (including phenoxy) is 1. The number of rotatable bonds is 7. The van der Waals surface area contributed by atoms with Crippen LogP contribution in [-0.4, -0.2) is 55.7 Å². The number of hydrogen-bond acceptors (Lipinski definition) is 4. The molecule has 3 aliphatic rings. The molecule has 2 aliphatic heterocycles. The Kier molecular flexibility index (Phi) is 6.04. The highest BCUT2D eigenvalue weighted by Crippen LogP contribution is 2.51. The number of carbonyl (C=O) groups is 1. The molecule has 0 radical (unpaired) electrons. The molecule has 1 aromatic carbocycles. The monoisotopic (exact) mass is 385 g/mol. The molecule has 1 aromatic rings. The molecule has 0 bridgehead atoms. The van der Waals surface area contributed by atoms with Gasteiger partial charge in [-0.3, -0.25) is 4.79 Å². The van der Waals surface area contributed by atoms with E-state index in [2.05, 4.69) is 41.5 Å². The minimum Gasteiger partial charge on any atom is -0.377 e. The summed E-state index contributed by atoms with van der Waals surface area (Å²) in [6, 6.07) is 8.54. The minimum absolute atomic E-state index is 0.0287. The number of nitrogens with zero attached hydrogens (tertiary/aromatic N) is 1. The van der Waals surface area contributed by atoms with Gasteiger partial charge in [-0.1, -0.05) is 26.0 Å². The van der Waals surface area contributed by atoms with E-state index < -0.39 is 0 Å². The maximum atomic E-state index is 12.3. The first-order valence-corrected chi connectivity index (χ1v) is 11.0. The van der Waals surface area contributed by atoms with Crippen LogP contribution in [-0.2, 0) is 11.3 Å². The van der Waals surface area contributed by atoms with Crippen LogP contribution in [0.15, 0.2) is 24.3 Å². The number of carbonyl (C=O) groups excluding carboxylic acids is 1. The molecule has 0 spiro atoms. The summed E-state index contributed by atoms with van der Waals surface area (Å²) in [4.78, 5) is 14.8. The van der Waals surface area contributed by atoms with Crippen molar-refractivity contribution >= 4 is 5.91 Å². The molecule has 5 heteroatoms. The molecule has 2 heterocycles. The molecule has 3 unspecified atom stereocenters. The molecule has 154 valence electrons. The van der Waals surface area contributed by atoms with Crippen molar-refractivity contribution in [3.05, 3.63) is 35.4 Å². The average molecular weight is 386 g/mol. The van der Waals surface area contributed by atoms with E-state index in [0.29, 0.717) is 18.1 Å². The van der Waals surface area contributed by atoms with Crippen molar-refractivity contribution in [3.8, 4) is 0 Å². The normalized spacial score (nSPS) is 29.1. The van der Waals surface area contributed by atoms with Gasteiger partial charge in [-0.05, 0) is 56.5 Å². The Morgan fingerprint density at radius 1 is 1.18 bits per heavy atom. The van der Waals surface area contributed by atoms with Gasteiger partial charge >= 0.3 is 0 Å². The number of amides is 1. The maximum Gasteiger partial charge on any atom is 0.251 e. The van der Waals surface area contributed by atoms with Crippen LogP contribution in [0.1, 0.15) is 55.5 Å². The Balaban J connectivity index is 1.23. The van der Waals surface area contributed by atoms with Gasteiger partial charge in [-0.2, -0.15) is 0 Å². The predicted molar refractivity (Wildman–Crippen MR) is 111 cm³/mol. The number of likely N-dealkylation sites (tertiary alicyclic amines) is 1. The Morgan fingerprint density at radius 3 is 2.68 bits per heavy atom. The summed E-state index contributed by atoms with van der Waals surface area (Å²) in [5.41, 5.74) is 2.17. The second-order valence-electron chi connectivity index (χ2n) is 9.28. The summed E-state index contributed by atoms with van der Waals surface area (Å²) in [6.45, 7) is 10.4. The zero-order chi connectivity index (χ0) is 19.6.